The van der Waals surface area contributed by atoms with Crippen LogP contribution in [0.15, 0.2) is 65.6 Å². The number of halogens is 3. The number of hydrogen-bond donors (Lipinski definition) is 2. The summed E-state index contributed by atoms with van der Waals surface area (Å²) >= 11 is 0. The number of fused-ring (bicyclic) bond motifs is 1. The number of para-hydroxylation sites is 1. The van der Waals surface area contributed by atoms with Crippen molar-refractivity contribution in [3.8, 4) is 0 Å². The second kappa shape index (κ2) is 8.48. The summed E-state index contributed by atoms with van der Waals surface area (Å²) in [6.07, 6.45) is -4.09. The molecule has 7 heteroatoms. The van der Waals surface area contributed by atoms with Gasteiger partial charge in [0.25, 0.3) is 0 Å². The quantitative estimate of drug-likeness (QED) is 0.583. The van der Waals surface area contributed by atoms with Crippen LogP contribution < -0.4 is 10.7 Å². The van der Waals surface area contributed by atoms with Gasteiger partial charge in [0.1, 0.15) is 0 Å². The summed E-state index contributed by atoms with van der Waals surface area (Å²) in [6.45, 7) is 3.28. The number of benzene rings is 2. The fraction of sp³-hybridized carbons (Fsp3) is 0.375. The molecule has 0 bridgehead atoms. The van der Waals surface area contributed by atoms with Gasteiger partial charge in [0, 0.05) is 24.2 Å². The van der Waals surface area contributed by atoms with Gasteiger partial charge >= 0.3 is 6.18 Å². The Labute approximate surface area is 179 Å². The smallest absolute Gasteiger partial charge is 0.379 e. The number of nitrogens with zero attached hydrogens (tertiary/aromatic N) is 1. The van der Waals surface area contributed by atoms with Crippen LogP contribution in [0.4, 0.5) is 13.2 Å². The summed E-state index contributed by atoms with van der Waals surface area (Å²) in [5, 5.41) is 14.3. The highest BCUT2D eigenvalue weighted by molar-refractivity contribution is 5.78. The first-order valence-electron chi connectivity index (χ1n) is 10.1. The van der Waals surface area contributed by atoms with Crippen LogP contribution >= 0.6 is 0 Å². The molecule has 0 saturated heterocycles. The SMILES string of the molecule is CNCc1cccc(C(C)(C)CC(O)(Cn2ccc(=O)c3ccccc32)C(F)(F)F)c1. The number of aromatic nitrogens is 1. The maximum Gasteiger partial charge on any atom is 0.418 e. The summed E-state index contributed by atoms with van der Waals surface area (Å²) in [5.74, 6) is 0. The molecule has 0 aliphatic heterocycles. The van der Waals surface area contributed by atoms with E-state index in [1.165, 1.54) is 16.8 Å². The highest BCUT2D eigenvalue weighted by Gasteiger charge is 2.56. The Hall–Kier alpha value is -2.64. The lowest BCUT2D eigenvalue weighted by atomic mass is 9.74. The van der Waals surface area contributed by atoms with Gasteiger partial charge in [-0.05, 0) is 42.1 Å². The van der Waals surface area contributed by atoms with Crippen molar-refractivity contribution < 1.29 is 18.3 Å². The number of aliphatic hydroxyl groups is 1. The molecule has 2 N–H and O–H groups in total. The van der Waals surface area contributed by atoms with E-state index in [4.69, 9.17) is 0 Å². The molecule has 2 aromatic carbocycles. The Balaban J connectivity index is 2.01. The summed E-state index contributed by atoms with van der Waals surface area (Å²) in [5.41, 5.74) is -2.20. The molecule has 0 saturated carbocycles. The Morgan fingerprint density at radius 3 is 2.42 bits per heavy atom. The molecular weight excluding hydrogens is 405 g/mol. The second-order valence-electron chi connectivity index (χ2n) is 8.65. The van der Waals surface area contributed by atoms with Crippen molar-refractivity contribution in [2.24, 2.45) is 0 Å². The van der Waals surface area contributed by atoms with Gasteiger partial charge in [-0.25, -0.2) is 0 Å². The van der Waals surface area contributed by atoms with E-state index < -0.39 is 30.2 Å². The van der Waals surface area contributed by atoms with Crippen molar-refractivity contribution >= 4 is 10.9 Å². The first-order chi connectivity index (χ1) is 14.5. The lowest BCUT2D eigenvalue weighted by molar-refractivity contribution is -0.271. The molecule has 1 unspecified atom stereocenters. The lowest BCUT2D eigenvalue weighted by Crippen LogP contribution is -2.52. The molecule has 3 rings (SSSR count). The van der Waals surface area contributed by atoms with Crippen molar-refractivity contribution in [3.63, 3.8) is 0 Å². The molecule has 1 heterocycles. The highest BCUT2D eigenvalue weighted by atomic mass is 19.4. The van der Waals surface area contributed by atoms with E-state index in [1.54, 1.807) is 51.2 Å². The number of pyridine rings is 1. The zero-order chi connectivity index (χ0) is 22.9. The summed E-state index contributed by atoms with van der Waals surface area (Å²) in [4.78, 5) is 12.1. The van der Waals surface area contributed by atoms with E-state index in [2.05, 4.69) is 5.32 Å². The molecule has 1 aromatic heterocycles. The monoisotopic (exact) mass is 432 g/mol. The van der Waals surface area contributed by atoms with E-state index in [-0.39, 0.29) is 5.43 Å². The van der Waals surface area contributed by atoms with Crippen molar-refractivity contribution in [2.45, 2.75) is 50.6 Å². The molecule has 3 aromatic rings. The zero-order valence-corrected chi connectivity index (χ0v) is 17.8. The number of rotatable bonds is 7. The molecule has 0 radical (unpaired) electrons. The third-order valence-electron chi connectivity index (χ3n) is 5.67. The van der Waals surface area contributed by atoms with Crippen LogP contribution in [0, 0.1) is 0 Å². The topological polar surface area (TPSA) is 54.3 Å². The Kier molecular flexibility index (Phi) is 6.30. The number of hydrogen-bond acceptors (Lipinski definition) is 3. The van der Waals surface area contributed by atoms with Gasteiger partial charge in [-0.1, -0.05) is 50.2 Å². The molecule has 31 heavy (non-hydrogen) atoms. The van der Waals surface area contributed by atoms with Crippen LogP contribution in [0.2, 0.25) is 0 Å². The average Bonchev–Trinajstić information content (AvgIpc) is 2.70. The highest BCUT2D eigenvalue weighted by Crippen LogP contribution is 2.42. The maximum absolute atomic E-state index is 14.2. The molecule has 0 amide bonds. The van der Waals surface area contributed by atoms with Gasteiger partial charge in [-0.2, -0.15) is 13.2 Å². The molecule has 0 spiro atoms. The standard InChI is InChI=1S/C24H27F3N2O2/c1-22(2,18-8-6-7-17(13-18)14-28-3)15-23(31,24(25,26)27)16-29-12-11-21(30)19-9-4-5-10-20(19)29/h4-13,28,31H,14-16H2,1-3H3. The van der Waals surface area contributed by atoms with E-state index in [9.17, 15) is 23.1 Å². The van der Waals surface area contributed by atoms with E-state index >= 15 is 0 Å². The van der Waals surface area contributed by atoms with Crippen LogP contribution in [-0.4, -0.2) is 28.5 Å². The summed E-state index contributed by atoms with van der Waals surface area (Å²) in [6, 6.07) is 15.0. The number of nitrogens with one attached hydrogen (secondary N) is 1. The van der Waals surface area contributed by atoms with Crippen LogP contribution in [0.5, 0.6) is 0 Å². The Bertz CT molecular complexity index is 1120. The van der Waals surface area contributed by atoms with Crippen LogP contribution in [0.25, 0.3) is 10.9 Å². The molecule has 0 fully saturated rings. The minimum atomic E-state index is -4.86. The molecular formula is C24H27F3N2O2. The van der Waals surface area contributed by atoms with Crippen LogP contribution in [0.3, 0.4) is 0 Å². The predicted octanol–water partition coefficient (Wildman–Crippen LogP) is 4.38. The minimum Gasteiger partial charge on any atom is -0.379 e. The van der Waals surface area contributed by atoms with E-state index in [0.717, 1.165) is 5.56 Å². The lowest BCUT2D eigenvalue weighted by Gasteiger charge is -2.38. The molecule has 0 aliphatic rings. The first-order valence-corrected chi connectivity index (χ1v) is 10.1. The first kappa shape index (κ1) is 23.0. The van der Waals surface area contributed by atoms with Crippen molar-refractivity contribution in [1.82, 2.24) is 9.88 Å². The minimum absolute atomic E-state index is 0.274. The predicted molar refractivity (Wildman–Crippen MR) is 116 cm³/mol. The molecule has 166 valence electrons. The maximum atomic E-state index is 14.2. The van der Waals surface area contributed by atoms with Gasteiger partial charge < -0.3 is 15.0 Å². The number of alkyl halides is 3. The van der Waals surface area contributed by atoms with E-state index in [0.29, 0.717) is 23.0 Å². The van der Waals surface area contributed by atoms with Crippen molar-refractivity contribution in [1.29, 1.82) is 0 Å². The van der Waals surface area contributed by atoms with E-state index in [1.807, 2.05) is 18.2 Å². The third-order valence-corrected chi connectivity index (χ3v) is 5.67. The van der Waals surface area contributed by atoms with Crippen LogP contribution in [-0.2, 0) is 18.5 Å². The van der Waals surface area contributed by atoms with Gasteiger partial charge in [0.15, 0.2) is 11.0 Å². The Morgan fingerprint density at radius 1 is 1.03 bits per heavy atom. The van der Waals surface area contributed by atoms with Crippen molar-refractivity contribution in [3.05, 3.63) is 82.1 Å². The fourth-order valence-corrected chi connectivity index (χ4v) is 4.07. The average molecular weight is 432 g/mol. The summed E-state index contributed by atoms with van der Waals surface area (Å²) in [7, 11) is 1.80. The molecule has 4 nitrogen and oxygen atoms in total. The summed E-state index contributed by atoms with van der Waals surface area (Å²) < 4.78 is 43.8. The zero-order valence-electron chi connectivity index (χ0n) is 17.8. The molecule has 1 atom stereocenters. The third kappa shape index (κ3) is 4.83. The van der Waals surface area contributed by atoms with Gasteiger partial charge in [0.05, 0.1) is 12.1 Å². The normalized spacial score (nSPS) is 14.5. The van der Waals surface area contributed by atoms with Gasteiger partial charge in [0.2, 0.25) is 0 Å². The fourth-order valence-electron chi connectivity index (χ4n) is 4.07. The largest absolute Gasteiger partial charge is 0.418 e. The van der Waals surface area contributed by atoms with Gasteiger partial charge in [-0.3, -0.25) is 4.79 Å². The Morgan fingerprint density at radius 2 is 1.74 bits per heavy atom. The molecule has 0 aliphatic carbocycles. The second-order valence-corrected chi connectivity index (χ2v) is 8.65. The van der Waals surface area contributed by atoms with Crippen molar-refractivity contribution in [2.75, 3.05) is 7.05 Å². The van der Waals surface area contributed by atoms with Crippen LogP contribution in [0.1, 0.15) is 31.4 Å². The van der Waals surface area contributed by atoms with Gasteiger partial charge in [-0.15, -0.1) is 0 Å².